The van der Waals surface area contributed by atoms with Crippen molar-refractivity contribution in [3.63, 3.8) is 0 Å². The smallest absolute Gasteiger partial charge is 0.0620 e. The van der Waals surface area contributed by atoms with E-state index in [0.717, 1.165) is 26.2 Å². The van der Waals surface area contributed by atoms with Gasteiger partial charge in [-0.15, -0.1) is 0 Å². The molecule has 1 aliphatic rings. The van der Waals surface area contributed by atoms with Crippen LogP contribution >= 0.6 is 0 Å². The quantitative estimate of drug-likeness (QED) is 0.488. The summed E-state index contributed by atoms with van der Waals surface area (Å²) < 4.78 is 5.23. The standard InChI is InChI=1S/C9H17NO/c1-2-3-4-6-10-9-5-7-11-8-9/h2-3,9-10H,4-8H2,1H3/b3-2+. The summed E-state index contributed by atoms with van der Waals surface area (Å²) in [6, 6.07) is 0.611. The number of nitrogens with one attached hydrogen (secondary N) is 1. The number of ether oxygens (including phenoxy) is 1. The Balaban J connectivity index is 1.93. The average Bonchev–Trinajstić information content (AvgIpc) is 2.50. The van der Waals surface area contributed by atoms with E-state index in [1.54, 1.807) is 0 Å². The Morgan fingerprint density at radius 3 is 3.18 bits per heavy atom. The molecule has 0 saturated carbocycles. The Kier molecular flexibility index (Phi) is 4.24. The van der Waals surface area contributed by atoms with E-state index < -0.39 is 0 Å². The second kappa shape index (κ2) is 5.33. The highest BCUT2D eigenvalue weighted by Crippen LogP contribution is 2.02. The predicted molar refractivity (Wildman–Crippen MR) is 46.7 cm³/mol. The average molecular weight is 155 g/mol. The van der Waals surface area contributed by atoms with Crippen LogP contribution in [-0.4, -0.2) is 25.8 Å². The largest absolute Gasteiger partial charge is 0.380 e. The molecule has 64 valence electrons. The van der Waals surface area contributed by atoms with E-state index in [2.05, 4.69) is 24.4 Å². The van der Waals surface area contributed by atoms with Crippen LogP contribution in [0.2, 0.25) is 0 Å². The number of hydrogen-bond acceptors (Lipinski definition) is 2. The first kappa shape index (κ1) is 8.75. The second-order valence-electron chi connectivity index (χ2n) is 2.87. The lowest BCUT2D eigenvalue weighted by Gasteiger charge is -2.07. The molecule has 0 radical (unpaired) electrons. The lowest BCUT2D eigenvalue weighted by atomic mass is 10.2. The Hall–Kier alpha value is -0.340. The molecule has 1 unspecified atom stereocenters. The zero-order valence-electron chi connectivity index (χ0n) is 7.18. The molecule has 0 aromatic carbocycles. The molecule has 0 amide bonds. The fraction of sp³-hybridized carbons (Fsp3) is 0.778. The summed E-state index contributed by atoms with van der Waals surface area (Å²) in [5, 5.41) is 3.44. The molecule has 2 heteroatoms. The van der Waals surface area contributed by atoms with Crippen molar-refractivity contribution in [2.45, 2.75) is 25.8 Å². The monoisotopic (exact) mass is 155 g/mol. The molecule has 1 rings (SSSR count). The summed E-state index contributed by atoms with van der Waals surface area (Å²) in [7, 11) is 0. The van der Waals surface area contributed by atoms with E-state index in [9.17, 15) is 0 Å². The summed E-state index contributed by atoms with van der Waals surface area (Å²) in [6.45, 7) is 4.97. The van der Waals surface area contributed by atoms with Gasteiger partial charge in [-0.1, -0.05) is 12.2 Å². The Morgan fingerprint density at radius 1 is 1.64 bits per heavy atom. The Labute approximate surface area is 68.6 Å². The summed E-state index contributed by atoms with van der Waals surface area (Å²) in [5.41, 5.74) is 0. The van der Waals surface area contributed by atoms with Gasteiger partial charge in [0.25, 0.3) is 0 Å². The van der Waals surface area contributed by atoms with E-state index in [0.29, 0.717) is 6.04 Å². The van der Waals surface area contributed by atoms with Crippen LogP contribution in [0.15, 0.2) is 12.2 Å². The predicted octanol–water partition coefficient (Wildman–Crippen LogP) is 1.33. The zero-order valence-corrected chi connectivity index (χ0v) is 7.18. The number of allylic oxidation sites excluding steroid dienone is 1. The van der Waals surface area contributed by atoms with Crippen molar-refractivity contribution in [3.05, 3.63) is 12.2 Å². The lowest BCUT2D eigenvalue weighted by Crippen LogP contribution is -2.29. The molecular weight excluding hydrogens is 138 g/mol. The fourth-order valence-corrected chi connectivity index (χ4v) is 1.23. The molecule has 1 fully saturated rings. The summed E-state index contributed by atoms with van der Waals surface area (Å²) in [4.78, 5) is 0. The molecule has 0 bridgehead atoms. The fourth-order valence-electron chi connectivity index (χ4n) is 1.23. The van der Waals surface area contributed by atoms with E-state index >= 15 is 0 Å². The minimum Gasteiger partial charge on any atom is -0.380 e. The minimum atomic E-state index is 0.611. The van der Waals surface area contributed by atoms with Crippen LogP contribution in [-0.2, 0) is 4.74 Å². The van der Waals surface area contributed by atoms with E-state index in [1.165, 1.54) is 6.42 Å². The molecule has 1 aliphatic heterocycles. The van der Waals surface area contributed by atoms with E-state index in [1.807, 2.05) is 0 Å². The molecule has 0 spiro atoms. The van der Waals surface area contributed by atoms with Crippen LogP contribution in [0.5, 0.6) is 0 Å². The molecule has 1 saturated heterocycles. The second-order valence-corrected chi connectivity index (χ2v) is 2.87. The van der Waals surface area contributed by atoms with Gasteiger partial charge in [-0.2, -0.15) is 0 Å². The Morgan fingerprint density at radius 2 is 2.55 bits per heavy atom. The topological polar surface area (TPSA) is 21.3 Å². The zero-order chi connectivity index (χ0) is 7.94. The lowest BCUT2D eigenvalue weighted by molar-refractivity contribution is 0.190. The van der Waals surface area contributed by atoms with Crippen molar-refractivity contribution in [1.82, 2.24) is 5.32 Å². The highest BCUT2D eigenvalue weighted by molar-refractivity contribution is 4.79. The van der Waals surface area contributed by atoms with Crippen molar-refractivity contribution in [3.8, 4) is 0 Å². The van der Waals surface area contributed by atoms with Gasteiger partial charge in [0, 0.05) is 12.6 Å². The van der Waals surface area contributed by atoms with Gasteiger partial charge in [-0.25, -0.2) is 0 Å². The third kappa shape index (κ3) is 3.54. The van der Waals surface area contributed by atoms with Crippen LogP contribution in [0.25, 0.3) is 0 Å². The van der Waals surface area contributed by atoms with Crippen LogP contribution in [0.4, 0.5) is 0 Å². The number of rotatable bonds is 4. The van der Waals surface area contributed by atoms with Crippen molar-refractivity contribution in [2.24, 2.45) is 0 Å². The van der Waals surface area contributed by atoms with Crippen LogP contribution in [0.1, 0.15) is 19.8 Å². The van der Waals surface area contributed by atoms with E-state index in [-0.39, 0.29) is 0 Å². The van der Waals surface area contributed by atoms with Gasteiger partial charge in [0.2, 0.25) is 0 Å². The highest BCUT2D eigenvalue weighted by Gasteiger charge is 2.13. The molecular formula is C9H17NO. The minimum absolute atomic E-state index is 0.611. The molecule has 2 nitrogen and oxygen atoms in total. The first-order valence-corrected chi connectivity index (χ1v) is 4.36. The van der Waals surface area contributed by atoms with Crippen molar-refractivity contribution in [2.75, 3.05) is 19.8 Å². The first-order chi connectivity index (χ1) is 5.43. The summed E-state index contributed by atoms with van der Waals surface area (Å²) in [5.74, 6) is 0. The van der Waals surface area contributed by atoms with Crippen LogP contribution in [0.3, 0.4) is 0 Å². The van der Waals surface area contributed by atoms with Gasteiger partial charge in [0.05, 0.1) is 6.61 Å². The van der Waals surface area contributed by atoms with Gasteiger partial charge in [-0.05, 0) is 26.3 Å². The van der Waals surface area contributed by atoms with Gasteiger partial charge < -0.3 is 10.1 Å². The van der Waals surface area contributed by atoms with Crippen molar-refractivity contribution < 1.29 is 4.74 Å². The van der Waals surface area contributed by atoms with Gasteiger partial charge >= 0.3 is 0 Å². The van der Waals surface area contributed by atoms with Crippen LogP contribution < -0.4 is 5.32 Å². The Bertz CT molecular complexity index is 117. The van der Waals surface area contributed by atoms with Crippen LogP contribution in [0, 0.1) is 0 Å². The number of hydrogen-bond donors (Lipinski definition) is 1. The highest BCUT2D eigenvalue weighted by atomic mass is 16.5. The molecule has 1 atom stereocenters. The SMILES string of the molecule is C/C=C/CCNC1CCOC1. The molecule has 1 heterocycles. The van der Waals surface area contributed by atoms with Gasteiger partial charge in [0.1, 0.15) is 0 Å². The normalized spacial score (nSPS) is 25.0. The summed E-state index contributed by atoms with van der Waals surface area (Å²) in [6.07, 6.45) is 6.58. The first-order valence-electron chi connectivity index (χ1n) is 4.36. The maximum Gasteiger partial charge on any atom is 0.0620 e. The molecule has 1 N–H and O–H groups in total. The molecule has 11 heavy (non-hydrogen) atoms. The van der Waals surface area contributed by atoms with E-state index in [4.69, 9.17) is 4.74 Å². The van der Waals surface area contributed by atoms with Gasteiger partial charge in [-0.3, -0.25) is 0 Å². The van der Waals surface area contributed by atoms with Gasteiger partial charge in [0.15, 0.2) is 0 Å². The summed E-state index contributed by atoms with van der Waals surface area (Å²) >= 11 is 0. The molecule has 0 aromatic rings. The maximum absolute atomic E-state index is 5.23. The van der Waals surface area contributed by atoms with Crippen molar-refractivity contribution >= 4 is 0 Å². The third-order valence-corrected chi connectivity index (χ3v) is 1.91. The third-order valence-electron chi connectivity index (χ3n) is 1.91. The molecule has 0 aromatic heterocycles. The maximum atomic E-state index is 5.23. The van der Waals surface area contributed by atoms with Crippen molar-refractivity contribution in [1.29, 1.82) is 0 Å². The molecule has 0 aliphatic carbocycles.